The molecule has 0 aromatic carbocycles. The van der Waals surface area contributed by atoms with Crippen LogP contribution in [0.4, 0.5) is 0 Å². The van der Waals surface area contributed by atoms with E-state index in [9.17, 15) is 13.2 Å². The SMILES string of the molecule is CC(Cl)S(=O)(=O)CCCC=O. The van der Waals surface area contributed by atoms with E-state index in [4.69, 9.17) is 11.6 Å². The van der Waals surface area contributed by atoms with Crippen molar-refractivity contribution in [3.8, 4) is 0 Å². The fourth-order valence-electron chi connectivity index (χ4n) is 0.530. The maximum absolute atomic E-state index is 11.0. The summed E-state index contributed by atoms with van der Waals surface area (Å²) in [6.07, 6.45) is 1.35. The second-order valence-electron chi connectivity index (χ2n) is 2.22. The number of hydrogen-bond acceptors (Lipinski definition) is 3. The Labute approximate surface area is 71.7 Å². The maximum atomic E-state index is 11.0. The van der Waals surface area contributed by atoms with E-state index in [1.54, 1.807) is 0 Å². The molecule has 0 fully saturated rings. The second kappa shape index (κ2) is 4.72. The number of rotatable bonds is 5. The smallest absolute Gasteiger partial charge is 0.166 e. The van der Waals surface area contributed by atoms with Crippen molar-refractivity contribution in [2.45, 2.75) is 24.5 Å². The number of carbonyl (C=O) groups is 1. The molecular weight excluding hydrogens is 188 g/mol. The molecule has 0 aliphatic rings. The third kappa shape index (κ3) is 4.37. The number of alkyl halides is 1. The molecule has 0 saturated carbocycles. The molecule has 0 saturated heterocycles. The molecule has 0 bridgehead atoms. The number of hydrogen-bond donors (Lipinski definition) is 0. The zero-order valence-electron chi connectivity index (χ0n) is 6.29. The summed E-state index contributed by atoms with van der Waals surface area (Å²) in [5, 5.41) is 0. The van der Waals surface area contributed by atoms with E-state index in [0.717, 1.165) is 0 Å². The van der Waals surface area contributed by atoms with Crippen LogP contribution in [0.15, 0.2) is 0 Å². The van der Waals surface area contributed by atoms with Crippen LogP contribution < -0.4 is 0 Å². The first-order valence-electron chi connectivity index (χ1n) is 3.30. The molecule has 0 rings (SSSR count). The van der Waals surface area contributed by atoms with Gasteiger partial charge < -0.3 is 4.79 Å². The second-order valence-corrected chi connectivity index (χ2v) is 5.57. The van der Waals surface area contributed by atoms with Crippen molar-refractivity contribution in [2.75, 3.05) is 5.75 Å². The highest BCUT2D eigenvalue weighted by Crippen LogP contribution is 2.07. The first-order chi connectivity index (χ1) is 5.00. The van der Waals surface area contributed by atoms with Crippen LogP contribution >= 0.6 is 11.6 Å². The predicted octanol–water partition coefficient (Wildman–Crippen LogP) is 0.965. The van der Waals surface area contributed by atoms with E-state index in [1.165, 1.54) is 6.92 Å². The Bertz CT molecular complexity index is 208. The van der Waals surface area contributed by atoms with Gasteiger partial charge in [0, 0.05) is 6.42 Å². The topological polar surface area (TPSA) is 51.2 Å². The van der Waals surface area contributed by atoms with E-state index in [0.29, 0.717) is 12.7 Å². The van der Waals surface area contributed by atoms with E-state index in [2.05, 4.69) is 0 Å². The lowest BCUT2D eigenvalue weighted by atomic mass is 10.4. The molecule has 0 aromatic heterocycles. The van der Waals surface area contributed by atoms with Crippen LogP contribution in [0.5, 0.6) is 0 Å². The summed E-state index contributed by atoms with van der Waals surface area (Å²) >= 11 is 5.37. The van der Waals surface area contributed by atoms with Gasteiger partial charge in [0.2, 0.25) is 0 Å². The first kappa shape index (κ1) is 10.9. The van der Waals surface area contributed by atoms with Crippen LogP contribution in [0, 0.1) is 0 Å². The monoisotopic (exact) mass is 198 g/mol. The van der Waals surface area contributed by atoms with Gasteiger partial charge in [-0.05, 0) is 13.3 Å². The summed E-state index contributed by atoms with van der Waals surface area (Å²) in [4.78, 5) is 9.83. The number of carbonyl (C=O) groups excluding carboxylic acids is 1. The third-order valence-electron chi connectivity index (χ3n) is 1.25. The van der Waals surface area contributed by atoms with Gasteiger partial charge in [-0.1, -0.05) is 0 Å². The molecule has 11 heavy (non-hydrogen) atoms. The highest BCUT2D eigenvalue weighted by Gasteiger charge is 2.16. The number of unbranched alkanes of at least 4 members (excludes halogenated alkanes) is 1. The zero-order valence-corrected chi connectivity index (χ0v) is 7.86. The highest BCUT2D eigenvalue weighted by molar-refractivity contribution is 7.93. The van der Waals surface area contributed by atoms with Gasteiger partial charge in [0.25, 0.3) is 0 Å². The number of aldehydes is 1. The number of sulfone groups is 1. The van der Waals surface area contributed by atoms with Gasteiger partial charge in [0.05, 0.1) is 5.75 Å². The standard InChI is InChI=1S/C6H11ClO3S/c1-6(7)11(9,10)5-3-2-4-8/h4,6H,2-3,5H2,1H3. The van der Waals surface area contributed by atoms with E-state index >= 15 is 0 Å². The summed E-state index contributed by atoms with van der Waals surface area (Å²) in [5.74, 6) is -0.00356. The molecule has 3 nitrogen and oxygen atoms in total. The molecule has 0 amide bonds. The minimum absolute atomic E-state index is 0.00356. The minimum Gasteiger partial charge on any atom is -0.303 e. The number of halogens is 1. The molecule has 0 spiro atoms. The molecule has 0 N–H and O–H groups in total. The van der Waals surface area contributed by atoms with Gasteiger partial charge in [-0.3, -0.25) is 0 Å². The fourth-order valence-corrected chi connectivity index (χ4v) is 1.69. The average Bonchev–Trinajstić information content (AvgIpc) is 1.88. The summed E-state index contributed by atoms with van der Waals surface area (Å²) in [6.45, 7) is 1.41. The zero-order chi connectivity index (χ0) is 8.91. The molecule has 0 aliphatic heterocycles. The van der Waals surface area contributed by atoms with Crippen LogP contribution in [-0.2, 0) is 14.6 Å². The Kier molecular flexibility index (Phi) is 4.68. The lowest BCUT2D eigenvalue weighted by molar-refractivity contribution is -0.107. The Hall–Kier alpha value is -0.0900. The van der Waals surface area contributed by atoms with Gasteiger partial charge in [-0.25, -0.2) is 8.42 Å². The summed E-state index contributed by atoms with van der Waals surface area (Å²) in [5.41, 5.74) is 0. The summed E-state index contributed by atoms with van der Waals surface area (Å²) in [6, 6.07) is 0. The molecule has 0 aliphatic carbocycles. The van der Waals surface area contributed by atoms with E-state index < -0.39 is 14.5 Å². The van der Waals surface area contributed by atoms with Crippen molar-refractivity contribution >= 4 is 27.7 Å². The summed E-state index contributed by atoms with van der Waals surface area (Å²) < 4.78 is 21.1. The van der Waals surface area contributed by atoms with Gasteiger partial charge in [0.15, 0.2) is 9.84 Å². The van der Waals surface area contributed by atoms with Crippen molar-refractivity contribution < 1.29 is 13.2 Å². The first-order valence-corrected chi connectivity index (χ1v) is 5.45. The lowest BCUT2D eigenvalue weighted by Gasteiger charge is -2.03. The minimum atomic E-state index is -3.16. The van der Waals surface area contributed by atoms with Crippen LogP contribution in [0.1, 0.15) is 19.8 Å². The molecule has 0 heterocycles. The van der Waals surface area contributed by atoms with Crippen LogP contribution in [0.2, 0.25) is 0 Å². The third-order valence-corrected chi connectivity index (χ3v) is 3.91. The van der Waals surface area contributed by atoms with Crippen LogP contribution in [0.3, 0.4) is 0 Å². The predicted molar refractivity (Wildman–Crippen MR) is 44.4 cm³/mol. The van der Waals surface area contributed by atoms with Gasteiger partial charge >= 0.3 is 0 Å². The van der Waals surface area contributed by atoms with Gasteiger partial charge in [0.1, 0.15) is 11.0 Å². The molecule has 66 valence electrons. The molecule has 1 unspecified atom stereocenters. The summed E-state index contributed by atoms with van der Waals surface area (Å²) in [7, 11) is -3.16. The van der Waals surface area contributed by atoms with Gasteiger partial charge in [-0.2, -0.15) is 0 Å². The van der Waals surface area contributed by atoms with E-state index in [-0.39, 0.29) is 12.2 Å². The Morgan fingerprint density at radius 2 is 2.09 bits per heavy atom. The van der Waals surface area contributed by atoms with Crippen LogP contribution in [0.25, 0.3) is 0 Å². The quantitative estimate of drug-likeness (QED) is 0.376. The molecule has 0 radical (unpaired) electrons. The Balaban J connectivity index is 3.84. The Morgan fingerprint density at radius 3 is 2.45 bits per heavy atom. The lowest BCUT2D eigenvalue weighted by Crippen LogP contribution is -2.15. The van der Waals surface area contributed by atoms with Crippen molar-refractivity contribution in [3.05, 3.63) is 0 Å². The highest BCUT2D eigenvalue weighted by atomic mass is 35.5. The van der Waals surface area contributed by atoms with Crippen molar-refractivity contribution in [1.82, 2.24) is 0 Å². The molecular formula is C6H11ClO3S. The molecule has 5 heteroatoms. The van der Waals surface area contributed by atoms with Crippen molar-refractivity contribution in [3.63, 3.8) is 0 Å². The normalized spacial score (nSPS) is 14.4. The molecule has 0 aromatic rings. The average molecular weight is 199 g/mol. The maximum Gasteiger partial charge on any atom is 0.166 e. The van der Waals surface area contributed by atoms with Crippen LogP contribution in [-0.4, -0.2) is 25.2 Å². The fraction of sp³-hybridized carbons (Fsp3) is 0.833. The van der Waals surface area contributed by atoms with Gasteiger partial charge in [-0.15, -0.1) is 11.6 Å². The van der Waals surface area contributed by atoms with Crippen molar-refractivity contribution in [1.29, 1.82) is 0 Å². The Morgan fingerprint density at radius 1 is 1.55 bits per heavy atom. The molecule has 1 atom stereocenters. The largest absolute Gasteiger partial charge is 0.303 e. The van der Waals surface area contributed by atoms with Crippen molar-refractivity contribution in [2.24, 2.45) is 0 Å². The van der Waals surface area contributed by atoms with E-state index in [1.807, 2.05) is 0 Å².